The predicted octanol–water partition coefficient (Wildman–Crippen LogP) is 1.27. The van der Waals surface area contributed by atoms with Crippen LogP contribution in [0.3, 0.4) is 0 Å². The Morgan fingerprint density at radius 1 is 1.21 bits per heavy atom. The minimum absolute atomic E-state index is 0.00350. The number of aromatic nitrogens is 1. The highest BCUT2D eigenvalue weighted by atomic mass is 31.2. The van der Waals surface area contributed by atoms with Gasteiger partial charge in [-0.1, -0.05) is 7.60 Å². The van der Waals surface area contributed by atoms with E-state index in [1.807, 2.05) is 0 Å². The van der Waals surface area contributed by atoms with E-state index in [4.69, 9.17) is 23.4 Å². The second-order valence-electron chi connectivity index (χ2n) is 9.70. The minimum Gasteiger partial charge on any atom is -0.810 e. The molecule has 0 radical (unpaired) electrons. The van der Waals surface area contributed by atoms with Crippen molar-refractivity contribution in [2.45, 2.75) is 64.1 Å². The summed E-state index contributed by atoms with van der Waals surface area (Å²) in [5, 5.41) is 11.4. The molecule has 0 bridgehead atoms. The summed E-state index contributed by atoms with van der Waals surface area (Å²) in [6.45, 7) is 6.71. The molecule has 0 saturated carbocycles. The van der Waals surface area contributed by atoms with Crippen molar-refractivity contribution in [1.82, 2.24) is 4.98 Å². The molecule has 3 heterocycles. The van der Waals surface area contributed by atoms with Crippen LogP contribution in [-0.2, 0) is 24.9 Å². The van der Waals surface area contributed by atoms with Gasteiger partial charge in [-0.25, -0.2) is 9.59 Å². The Morgan fingerprint density at radius 2 is 1.92 bits per heavy atom. The van der Waals surface area contributed by atoms with E-state index < -0.39 is 55.6 Å². The van der Waals surface area contributed by atoms with Crippen LogP contribution in [0.1, 0.15) is 41.2 Å². The van der Waals surface area contributed by atoms with E-state index in [0.29, 0.717) is 5.56 Å². The van der Waals surface area contributed by atoms with Crippen molar-refractivity contribution < 1.29 is 47.6 Å². The summed E-state index contributed by atoms with van der Waals surface area (Å²) in [6.07, 6.45) is -5.73. The molecule has 0 amide bonds. The molecule has 206 valence electrons. The second kappa shape index (κ2) is 10.3. The molecule has 4 atom stereocenters. The zero-order valence-corrected chi connectivity index (χ0v) is 22.3. The molecule has 2 aromatic heterocycles. The molecule has 4 unspecified atom stereocenters. The van der Waals surface area contributed by atoms with E-state index in [1.165, 1.54) is 19.2 Å². The number of methoxy groups -OCH3 is 1. The van der Waals surface area contributed by atoms with Gasteiger partial charge in [-0.3, -0.25) is 0 Å². The lowest BCUT2D eigenvalue weighted by Crippen LogP contribution is -2.65. The van der Waals surface area contributed by atoms with Crippen molar-refractivity contribution in [2.75, 3.05) is 7.11 Å². The lowest BCUT2D eigenvalue weighted by atomic mass is 9.89. The summed E-state index contributed by atoms with van der Waals surface area (Å²) in [6, 6.07) is 7.13. The van der Waals surface area contributed by atoms with E-state index in [2.05, 4.69) is 4.98 Å². The number of aryl methyl sites for hydroxylation is 2. The van der Waals surface area contributed by atoms with E-state index >= 15 is 0 Å². The minimum atomic E-state index is -4.96. The zero-order valence-electron chi connectivity index (χ0n) is 21.4. The molecule has 1 fully saturated rings. The number of aliphatic hydroxyl groups excluding tert-OH is 1. The lowest BCUT2D eigenvalue weighted by molar-refractivity contribution is -0.314. The Kier molecular flexibility index (Phi) is 7.59. The number of rotatable bonds is 7. The number of aliphatic hydroxyl groups is 1. The van der Waals surface area contributed by atoms with Crippen LogP contribution in [0.4, 0.5) is 0 Å². The van der Waals surface area contributed by atoms with Gasteiger partial charge in [0.2, 0.25) is 6.29 Å². The highest BCUT2D eigenvalue weighted by Crippen LogP contribution is 2.38. The highest BCUT2D eigenvalue weighted by Gasteiger charge is 2.53. The van der Waals surface area contributed by atoms with Gasteiger partial charge in [-0.2, -0.15) is 0 Å². The first-order chi connectivity index (χ1) is 17.7. The first kappa shape index (κ1) is 28.0. The van der Waals surface area contributed by atoms with Gasteiger partial charge in [0, 0.05) is 36.0 Å². The molecule has 38 heavy (non-hydrogen) atoms. The van der Waals surface area contributed by atoms with Crippen LogP contribution in [0, 0.1) is 13.8 Å². The van der Waals surface area contributed by atoms with E-state index in [9.17, 15) is 29.0 Å². The van der Waals surface area contributed by atoms with E-state index in [0.717, 1.165) is 11.8 Å². The molecular formula is C25H28NO11P-2. The number of hydrogen-bond acceptors (Lipinski definition) is 11. The van der Waals surface area contributed by atoms with Crippen molar-refractivity contribution in [3.05, 3.63) is 63.3 Å². The number of nitrogens with one attached hydrogen (secondary N) is 1. The highest BCUT2D eigenvalue weighted by molar-refractivity contribution is 7.47. The number of esters is 1. The monoisotopic (exact) mass is 549 g/mol. The Bertz CT molecular complexity index is 1450. The quantitative estimate of drug-likeness (QED) is 0.246. The van der Waals surface area contributed by atoms with E-state index in [1.54, 1.807) is 39.8 Å². The third kappa shape index (κ3) is 5.70. The molecule has 13 heteroatoms. The summed E-state index contributed by atoms with van der Waals surface area (Å²) in [5.74, 6) is -0.558. The van der Waals surface area contributed by atoms with Crippen molar-refractivity contribution >= 4 is 24.5 Å². The molecule has 4 rings (SSSR count). The maximum absolute atomic E-state index is 12.8. The van der Waals surface area contributed by atoms with Gasteiger partial charge in [-0.05, 0) is 57.5 Å². The van der Waals surface area contributed by atoms with Gasteiger partial charge in [0.05, 0.1) is 5.60 Å². The van der Waals surface area contributed by atoms with Crippen LogP contribution >= 0.6 is 7.60 Å². The number of H-pyrrole nitrogens is 1. The molecule has 1 saturated heterocycles. The van der Waals surface area contributed by atoms with Crippen molar-refractivity contribution in [3.63, 3.8) is 0 Å². The normalized spacial score (nSPS) is 23.4. The fourth-order valence-electron chi connectivity index (χ4n) is 4.62. The first-order valence-corrected chi connectivity index (χ1v) is 13.4. The molecule has 1 aliphatic rings. The van der Waals surface area contributed by atoms with E-state index in [-0.39, 0.29) is 28.0 Å². The van der Waals surface area contributed by atoms with Crippen molar-refractivity contribution in [1.29, 1.82) is 0 Å². The largest absolute Gasteiger partial charge is 0.810 e. The average molecular weight is 549 g/mol. The molecule has 0 spiro atoms. The molecule has 1 aliphatic heterocycles. The van der Waals surface area contributed by atoms with Gasteiger partial charge in [0.25, 0.3) is 0 Å². The summed E-state index contributed by atoms with van der Waals surface area (Å²) in [4.78, 5) is 50.4. The Hall–Kier alpha value is -2.99. The van der Waals surface area contributed by atoms with Gasteiger partial charge in [-0.15, -0.1) is 0 Å². The molecular weight excluding hydrogens is 521 g/mol. The topological polar surface area (TPSA) is 183 Å². The standard InChI is InChI=1S/C25H30NO11P/c1-12-6-8-16(26-12)23(29)36-21-19(28)24(37-25(3,4)22(21)33-5)34-17-9-7-15-14(11-38(30,31)32)10-18(27)35-20(15)13(17)2/h6-10,19,21-22,24,26,28H,11H2,1-5H3,(H2,30,31,32)/p-2. The first-order valence-electron chi connectivity index (χ1n) is 11.7. The smallest absolute Gasteiger partial charge is 0.355 e. The van der Waals surface area contributed by atoms with Crippen LogP contribution in [0.25, 0.3) is 11.0 Å². The van der Waals surface area contributed by atoms with Crippen LogP contribution < -0.4 is 20.1 Å². The average Bonchev–Trinajstić information content (AvgIpc) is 3.24. The van der Waals surface area contributed by atoms with Crippen LogP contribution in [0.2, 0.25) is 0 Å². The van der Waals surface area contributed by atoms with Crippen molar-refractivity contribution in [3.8, 4) is 5.75 Å². The molecule has 12 nitrogen and oxygen atoms in total. The number of aromatic amines is 1. The number of carbonyl (C=O) groups is 1. The number of hydrogen-bond donors (Lipinski definition) is 2. The summed E-state index contributed by atoms with van der Waals surface area (Å²) < 4.78 is 39.7. The summed E-state index contributed by atoms with van der Waals surface area (Å²) in [5.41, 5.74) is -0.654. The number of fused-ring (bicyclic) bond motifs is 1. The van der Waals surface area contributed by atoms with Gasteiger partial charge >= 0.3 is 11.6 Å². The number of ether oxygens (including phenoxy) is 4. The maximum Gasteiger partial charge on any atom is 0.355 e. The maximum atomic E-state index is 12.8. The number of carbonyl (C=O) groups excluding carboxylic acids is 1. The summed E-state index contributed by atoms with van der Waals surface area (Å²) in [7, 11) is -3.56. The SMILES string of the molecule is COC1C(OC(=O)c2ccc(C)[nH]2)C(O)C(Oc2ccc3c(CP(=O)([O-])[O-])cc(=O)oc3c2C)OC1(C)C. The van der Waals surface area contributed by atoms with Crippen LogP contribution in [-0.4, -0.2) is 53.4 Å². The molecule has 2 N–H and O–H groups in total. The van der Waals surface area contributed by atoms with Gasteiger partial charge in [0.15, 0.2) is 12.2 Å². The summed E-state index contributed by atoms with van der Waals surface area (Å²) >= 11 is 0. The molecule has 0 aliphatic carbocycles. The van der Waals surface area contributed by atoms with Crippen molar-refractivity contribution in [2.24, 2.45) is 0 Å². The zero-order chi connectivity index (χ0) is 28.0. The lowest BCUT2D eigenvalue weighted by Gasteiger charge is -2.47. The fourth-order valence-corrected chi connectivity index (χ4v) is 5.30. The van der Waals surface area contributed by atoms with Gasteiger partial charge < -0.3 is 47.8 Å². The third-order valence-electron chi connectivity index (χ3n) is 6.37. The molecule has 3 aromatic rings. The fraction of sp³-hybridized carbons (Fsp3) is 0.440. The Labute approximate surface area is 217 Å². The third-order valence-corrected chi connectivity index (χ3v) is 7.10. The Balaban J connectivity index is 1.66. The molecule has 1 aromatic carbocycles. The Morgan fingerprint density at radius 3 is 2.53 bits per heavy atom. The second-order valence-corrected chi connectivity index (χ2v) is 11.2. The van der Waals surface area contributed by atoms with Crippen LogP contribution in [0.5, 0.6) is 5.75 Å². The van der Waals surface area contributed by atoms with Crippen LogP contribution in [0.15, 0.2) is 39.5 Å². The predicted molar refractivity (Wildman–Crippen MR) is 130 cm³/mol. The van der Waals surface area contributed by atoms with Gasteiger partial charge in [0.1, 0.15) is 23.1 Å². The number of benzene rings is 1.